The van der Waals surface area contributed by atoms with E-state index in [4.69, 9.17) is 20.8 Å². The van der Waals surface area contributed by atoms with Gasteiger partial charge in [0.25, 0.3) is 5.91 Å². The molecule has 0 aliphatic rings. The van der Waals surface area contributed by atoms with Crippen LogP contribution in [-0.4, -0.2) is 15.7 Å². The molecule has 4 rings (SSSR count). The van der Waals surface area contributed by atoms with Crippen LogP contribution < -0.4 is 10.1 Å². The molecule has 0 spiro atoms. The van der Waals surface area contributed by atoms with Crippen molar-refractivity contribution in [2.24, 2.45) is 0 Å². The minimum atomic E-state index is -1.51. The molecule has 2 aromatic heterocycles. The number of nitrogens with zero attached hydrogens (tertiary/aromatic N) is 2. The summed E-state index contributed by atoms with van der Waals surface area (Å²) in [7, 11) is 0. The number of amides is 1. The van der Waals surface area contributed by atoms with E-state index in [0.29, 0.717) is 16.5 Å². The molecule has 0 bridgehead atoms. The molecule has 6 nitrogen and oxygen atoms in total. The highest BCUT2D eigenvalue weighted by molar-refractivity contribution is 6.31. The summed E-state index contributed by atoms with van der Waals surface area (Å²) in [5, 5.41) is 7.10. The van der Waals surface area contributed by atoms with Crippen LogP contribution >= 0.6 is 11.6 Å². The predicted octanol–water partition coefficient (Wildman–Crippen LogP) is 7.00. The Morgan fingerprint density at radius 2 is 1.81 bits per heavy atom. The number of hydrogen-bond acceptors (Lipinski definition) is 4. The molecular weight excluding hydrogens is 514 g/mol. The van der Waals surface area contributed by atoms with E-state index in [1.807, 2.05) is 32.9 Å². The molecule has 1 amide bonds. The third-order valence-electron chi connectivity index (χ3n) is 5.57. The van der Waals surface area contributed by atoms with Crippen molar-refractivity contribution in [1.82, 2.24) is 9.78 Å². The normalized spacial score (nSPS) is 11.3. The first-order valence-corrected chi connectivity index (χ1v) is 11.6. The van der Waals surface area contributed by atoms with E-state index in [1.54, 1.807) is 6.07 Å². The second kappa shape index (κ2) is 10.7. The lowest BCUT2D eigenvalue weighted by molar-refractivity contribution is 0.0992. The number of aryl methyl sites for hydroxylation is 1. The highest BCUT2D eigenvalue weighted by Gasteiger charge is 2.20. The summed E-state index contributed by atoms with van der Waals surface area (Å²) in [6.45, 7) is 5.40. The first kappa shape index (κ1) is 26.3. The van der Waals surface area contributed by atoms with E-state index in [-0.39, 0.29) is 30.2 Å². The van der Waals surface area contributed by atoms with Crippen molar-refractivity contribution < 1.29 is 31.5 Å². The maximum absolute atomic E-state index is 13.9. The van der Waals surface area contributed by atoms with Crippen LogP contribution in [0.3, 0.4) is 0 Å². The van der Waals surface area contributed by atoms with Crippen LogP contribution in [0.25, 0.3) is 0 Å². The fraction of sp³-hybridized carbons (Fsp3) is 0.231. The maximum Gasteiger partial charge on any atom is 0.292 e. The molecule has 0 aliphatic heterocycles. The summed E-state index contributed by atoms with van der Waals surface area (Å²) in [6.07, 6.45) is 1.29. The lowest BCUT2D eigenvalue weighted by atomic mass is 10.0. The van der Waals surface area contributed by atoms with Gasteiger partial charge < -0.3 is 14.5 Å². The number of carbonyl (C=O) groups is 1. The molecule has 0 saturated carbocycles. The number of benzene rings is 2. The fourth-order valence-electron chi connectivity index (χ4n) is 3.59. The van der Waals surface area contributed by atoms with Crippen molar-refractivity contribution in [1.29, 1.82) is 0 Å². The number of hydrogen-bond donors (Lipinski definition) is 1. The smallest absolute Gasteiger partial charge is 0.292 e. The minimum absolute atomic E-state index is 0.0196. The molecule has 0 fully saturated rings. The van der Waals surface area contributed by atoms with E-state index in [9.17, 15) is 22.4 Å². The van der Waals surface area contributed by atoms with Gasteiger partial charge in [-0.1, -0.05) is 25.4 Å². The summed E-state index contributed by atoms with van der Waals surface area (Å²) in [5.41, 5.74) is 0.982. The summed E-state index contributed by atoms with van der Waals surface area (Å²) in [5.74, 6) is -5.43. The summed E-state index contributed by atoms with van der Waals surface area (Å²) >= 11 is 6.23. The molecule has 37 heavy (non-hydrogen) atoms. The van der Waals surface area contributed by atoms with Crippen LogP contribution in [0.15, 0.2) is 47.0 Å². The first-order chi connectivity index (χ1) is 17.5. The Hall–Kier alpha value is -3.79. The van der Waals surface area contributed by atoms with Gasteiger partial charge in [-0.05, 0) is 48.2 Å². The van der Waals surface area contributed by atoms with Gasteiger partial charge in [0.2, 0.25) is 0 Å². The highest BCUT2D eigenvalue weighted by Crippen LogP contribution is 2.32. The van der Waals surface area contributed by atoms with Crippen LogP contribution in [0, 0.1) is 30.2 Å². The third kappa shape index (κ3) is 5.80. The molecule has 0 unspecified atom stereocenters. The molecule has 2 heterocycles. The number of aromatic nitrogens is 2. The van der Waals surface area contributed by atoms with Gasteiger partial charge >= 0.3 is 0 Å². The zero-order valence-corrected chi connectivity index (χ0v) is 20.8. The topological polar surface area (TPSA) is 69.3 Å². The molecule has 0 atom stereocenters. The van der Waals surface area contributed by atoms with Crippen LogP contribution in [0.1, 0.15) is 52.8 Å². The average molecular weight is 536 g/mol. The van der Waals surface area contributed by atoms with Crippen LogP contribution in [0.5, 0.6) is 5.75 Å². The number of ether oxygens (including phenoxy) is 1. The van der Waals surface area contributed by atoms with Gasteiger partial charge in [-0.2, -0.15) is 5.10 Å². The van der Waals surface area contributed by atoms with Gasteiger partial charge in [0, 0.05) is 23.4 Å². The van der Waals surface area contributed by atoms with Crippen molar-refractivity contribution in [2.45, 2.75) is 39.8 Å². The van der Waals surface area contributed by atoms with Gasteiger partial charge in [-0.15, -0.1) is 0 Å². The van der Waals surface area contributed by atoms with Crippen LogP contribution in [0.4, 0.5) is 23.4 Å². The number of halogens is 5. The van der Waals surface area contributed by atoms with E-state index >= 15 is 0 Å². The number of rotatable bonds is 8. The summed E-state index contributed by atoms with van der Waals surface area (Å²) < 4.78 is 67.2. The Morgan fingerprint density at radius 3 is 2.49 bits per heavy atom. The summed E-state index contributed by atoms with van der Waals surface area (Å²) in [4.78, 5) is 12.6. The molecule has 194 valence electrons. The van der Waals surface area contributed by atoms with Crippen molar-refractivity contribution in [3.05, 3.63) is 99.1 Å². The van der Waals surface area contributed by atoms with Gasteiger partial charge in [-0.25, -0.2) is 17.6 Å². The molecule has 0 saturated heterocycles. The molecule has 0 radical (unpaired) electrons. The molecule has 2 aromatic carbocycles. The van der Waals surface area contributed by atoms with E-state index in [1.165, 1.54) is 18.3 Å². The van der Waals surface area contributed by atoms with Gasteiger partial charge in [0.15, 0.2) is 34.8 Å². The second-order valence-electron chi connectivity index (χ2n) is 8.65. The number of furan rings is 1. The van der Waals surface area contributed by atoms with Gasteiger partial charge in [0.1, 0.15) is 18.1 Å². The van der Waals surface area contributed by atoms with Gasteiger partial charge in [-0.3, -0.25) is 9.48 Å². The van der Waals surface area contributed by atoms with Crippen molar-refractivity contribution in [2.75, 3.05) is 5.32 Å². The zero-order valence-electron chi connectivity index (χ0n) is 20.0. The first-order valence-electron chi connectivity index (χ1n) is 11.2. The quantitative estimate of drug-likeness (QED) is 0.195. The zero-order chi connectivity index (χ0) is 26.9. The molecule has 4 aromatic rings. The monoisotopic (exact) mass is 535 g/mol. The molecular formula is C26H22ClF4N3O3. The number of anilines is 1. The Labute approximate surface area is 214 Å². The largest absolute Gasteiger partial charge is 0.485 e. The second-order valence-corrected chi connectivity index (χ2v) is 9.06. The number of nitrogens with one attached hydrogen (secondary N) is 1. The molecule has 11 heteroatoms. The summed E-state index contributed by atoms with van der Waals surface area (Å²) in [6, 6.07) is 8.25. The van der Waals surface area contributed by atoms with Crippen LogP contribution in [-0.2, 0) is 13.2 Å². The molecule has 0 aliphatic carbocycles. The minimum Gasteiger partial charge on any atom is -0.485 e. The standard InChI is InChI=1S/C26H22ClF4N3O3/c1-13(2)16-9-18(27)14(3)8-22(16)36-12-15-4-5-21(37-15)26(35)32-23-6-7-34(33-23)11-17-24(30)19(28)10-20(29)25(17)31/h4-10,13H,11-12H2,1-3H3,(H,32,33,35). The Kier molecular flexibility index (Phi) is 7.58. The van der Waals surface area contributed by atoms with Crippen molar-refractivity contribution >= 4 is 23.3 Å². The maximum atomic E-state index is 13.9. The average Bonchev–Trinajstić information content (AvgIpc) is 3.50. The SMILES string of the molecule is Cc1cc(OCc2ccc(C(=O)Nc3ccn(Cc4c(F)c(F)cc(F)c4F)n3)o2)c(C(C)C)cc1Cl. The fourth-order valence-corrected chi connectivity index (χ4v) is 3.76. The Bertz CT molecular complexity index is 1440. The van der Waals surface area contributed by atoms with Crippen molar-refractivity contribution in [3.8, 4) is 5.75 Å². The van der Waals surface area contributed by atoms with Crippen LogP contribution in [0.2, 0.25) is 5.02 Å². The number of carbonyl (C=O) groups excluding carboxylic acids is 1. The Balaban J connectivity index is 1.40. The predicted molar refractivity (Wildman–Crippen MR) is 129 cm³/mol. The van der Waals surface area contributed by atoms with E-state index in [0.717, 1.165) is 15.8 Å². The molecule has 1 N–H and O–H groups in total. The lowest BCUT2D eigenvalue weighted by Gasteiger charge is -2.15. The van der Waals surface area contributed by atoms with Crippen molar-refractivity contribution in [3.63, 3.8) is 0 Å². The third-order valence-corrected chi connectivity index (χ3v) is 5.98. The van der Waals surface area contributed by atoms with Gasteiger partial charge in [0.05, 0.1) is 12.1 Å². The van der Waals surface area contributed by atoms with E-state index in [2.05, 4.69) is 10.4 Å². The lowest BCUT2D eigenvalue weighted by Crippen LogP contribution is -2.13. The van der Waals surface area contributed by atoms with E-state index < -0.39 is 41.3 Å². The highest BCUT2D eigenvalue weighted by atomic mass is 35.5. The Morgan fingerprint density at radius 1 is 1.11 bits per heavy atom.